The lowest BCUT2D eigenvalue weighted by Crippen LogP contribution is -2.39. The molecule has 1 aliphatic rings. The van der Waals surface area contributed by atoms with Gasteiger partial charge in [-0.15, -0.1) is 0 Å². The third-order valence-electron chi connectivity index (χ3n) is 5.68. The lowest BCUT2D eigenvalue weighted by molar-refractivity contribution is 0.0945. The molecule has 1 amide bonds. The molecule has 1 aliphatic carbocycles. The second-order valence-corrected chi connectivity index (χ2v) is 9.82. The number of nitrogens with one attached hydrogen (secondary N) is 1. The molecule has 6 nitrogen and oxygen atoms in total. The molecule has 0 bridgehead atoms. The van der Waals surface area contributed by atoms with Crippen molar-refractivity contribution in [2.75, 3.05) is 26.7 Å². The molecule has 7 heteroatoms. The maximum absolute atomic E-state index is 13.0. The molecule has 158 valence electrons. The van der Waals surface area contributed by atoms with Crippen LogP contribution in [0.15, 0.2) is 29.2 Å². The SMILES string of the molecule is CCN(CCNC(=O)c1cccc(S(=O)(=O)N(C)C2CCCCC2)c1)C(C)C. The molecule has 1 fully saturated rings. The van der Waals surface area contributed by atoms with Gasteiger partial charge in [-0.1, -0.05) is 32.3 Å². The van der Waals surface area contributed by atoms with Gasteiger partial charge in [-0.3, -0.25) is 9.69 Å². The first-order valence-electron chi connectivity index (χ1n) is 10.4. The molecule has 1 saturated carbocycles. The van der Waals surface area contributed by atoms with Crippen LogP contribution in [0.3, 0.4) is 0 Å². The van der Waals surface area contributed by atoms with Crippen LogP contribution in [0.2, 0.25) is 0 Å². The molecule has 0 aliphatic heterocycles. The highest BCUT2D eigenvalue weighted by Crippen LogP contribution is 2.26. The second-order valence-electron chi connectivity index (χ2n) is 7.82. The lowest BCUT2D eigenvalue weighted by Gasteiger charge is -2.30. The Morgan fingerprint density at radius 1 is 1.21 bits per heavy atom. The second kappa shape index (κ2) is 10.4. The van der Waals surface area contributed by atoms with Crippen LogP contribution in [0.25, 0.3) is 0 Å². The van der Waals surface area contributed by atoms with Gasteiger partial charge in [0.1, 0.15) is 0 Å². The van der Waals surface area contributed by atoms with Crippen LogP contribution in [0, 0.1) is 0 Å². The van der Waals surface area contributed by atoms with Crippen LogP contribution in [-0.2, 0) is 10.0 Å². The summed E-state index contributed by atoms with van der Waals surface area (Å²) >= 11 is 0. The minimum atomic E-state index is -3.60. The van der Waals surface area contributed by atoms with Crippen LogP contribution in [0.4, 0.5) is 0 Å². The number of rotatable bonds is 9. The van der Waals surface area contributed by atoms with E-state index in [1.165, 1.54) is 16.8 Å². The zero-order valence-corrected chi connectivity index (χ0v) is 18.5. The third-order valence-corrected chi connectivity index (χ3v) is 7.59. The Morgan fingerprint density at radius 2 is 1.89 bits per heavy atom. The van der Waals surface area contributed by atoms with E-state index in [0.29, 0.717) is 18.2 Å². The van der Waals surface area contributed by atoms with Gasteiger partial charge < -0.3 is 5.32 Å². The summed E-state index contributed by atoms with van der Waals surface area (Å²) in [6.07, 6.45) is 5.11. The summed E-state index contributed by atoms with van der Waals surface area (Å²) in [5.41, 5.74) is 0.380. The summed E-state index contributed by atoms with van der Waals surface area (Å²) < 4.78 is 27.5. The van der Waals surface area contributed by atoms with Gasteiger partial charge in [0, 0.05) is 37.8 Å². The van der Waals surface area contributed by atoms with Crippen LogP contribution >= 0.6 is 0 Å². The fraction of sp³-hybridized carbons (Fsp3) is 0.667. The number of carbonyl (C=O) groups excluding carboxylic acids is 1. The van der Waals surface area contributed by atoms with E-state index in [2.05, 4.69) is 31.0 Å². The summed E-state index contributed by atoms with van der Waals surface area (Å²) in [5.74, 6) is -0.239. The Kier molecular flexibility index (Phi) is 8.46. The number of likely N-dealkylation sites (N-methyl/N-ethyl adjacent to an activating group) is 1. The molecule has 1 aromatic carbocycles. The minimum Gasteiger partial charge on any atom is -0.351 e. The molecule has 2 rings (SSSR count). The lowest BCUT2D eigenvalue weighted by atomic mass is 9.96. The molecule has 1 N–H and O–H groups in total. The highest BCUT2D eigenvalue weighted by molar-refractivity contribution is 7.89. The van der Waals surface area contributed by atoms with Crippen molar-refractivity contribution in [2.24, 2.45) is 0 Å². The zero-order chi connectivity index (χ0) is 20.7. The number of carbonyl (C=O) groups is 1. The monoisotopic (exact) mass is 409 g/mol. The Balaban J connectivity index is 2.04. The third kappa shape index (κ3) is 5.78. The first-order chi connectivity index (χ1) is 13.3. The van der Waals surface area contributed by atoms with E-state index in [0.717, 1.165) is 38.8 Å². The van der Waals surface area contributed by atoms with Crippen molar-refractivity contribution in [1.29, 1.82) is 0 Å². The van der Waals surface area contributed by atoms with E-state index in [9.17, 15) is 13.2 Å². The van der Waals surface area contributed by atoms with Crippen LogP contribution in [0.5, 0.6) is 0 Å². The van der Waals surface area contributed by atoms with Gasteiger partial charge >= 0.3 is 0 Å². The quantitative estimate of drug-likeness (QED) is 0.680. The Hall–Kier alpha value is -1.44. The molecule has 0 atom stereocenters. The Bertz CT molecular complexity index is 743. The predicted molar refractivity (Wildman–Crippen MR) is 113 cm³/mol. The molecule has 0 saturated heterocycles. The highest BCUT2D eigenvalue weighted by atomic mass is 32.2. The summed E-state index contributed by atoms with van der Waals surface area (Å²) in [6, 6.07) is 6.84. The van der Waals surface area contributed by atoms with Gasteiger partial charge in [-0.2, -0.15) is 4.31 Å². The van der Waals surface area contributed by atoms with E-state index in [-0.39, 0.29) is 16.8 Å². The number of hydrogen-bond acceptors (Lipinski definition) is 4. The first-order valence-corrected chi connectivity index (χ1v) is 11.8. The fourth-order valence-corrected chi connectivity index (χ4v) is 5.26. The maximum Gasteiger partial charge on any atom is 0.251 e. The van der Waals surface area contributed by atoms with Crippen molar-refractivity contribution in [3.8, 4) is 0 Å². The molecule has 0 unspecified atom stereocenters. The molecule has 0 heterocycles. The number of hydrogen-bond donors (Lipinski definition) is 1. The van der Waals surface area contributed by atoms with Crippen molar-refractivity contribution in [3.05, 3.63) is 29.8 Å². The van der Waals surface area contributed by atoms with Gasteiger partial charge in [-0.05, 0) is 51.4 Å². The first kappa shape index (κ1) is 22.8. The summed E-state index contributed by atoms with van der Waals surface area (Å²) in [7, 11) is -1.94. The molecular weight excluding hydrogens is 374 g/mol. The van der Waals surface area contributed by atoms with Gasteiger partial charge in [0.05, 0.1) is 4.90 Å². The summed E-state index contributed by atoms with van der Waals surface area (Å²) in [6.45, 7) is 8.57. The topological polar surface area (TPSA) is 69.7 Å². The molecule has 1 aromatic rings. The van der Waals surface area contributed by atoms with E-state index in [1.807, 2.05) is 0 Å². The Morgan fingerprint density at radius 3 is 2.50 bits per heavy atom. The van der Waals surface area contributed by atoms with Crippen molar-refractivity contribution in [1.82, 2.24) is 14.5 Å². The summed E-state index contributed by atoms with van der Waals surface area (Å²) in [4.78, 5) is 14.9. The fourth-order valence-electron chi connectivity index (χ4n) is 3.80. The van der Waals surface area contributed by atoms with Crippen molar-refractivity contribution in [2.45, 2.75) is 69.9 Å². The normalized spacial score (nSPS) is 16.1. The van der Waals surface area contributed by atoms with Gasteiger partial charge in [-0.25, -0.2) is 8.42 Å². The van der Waals surface area contributed by atoms with E-state index in [1.54, 1.807) is 25.2 Å². The smallest absolute Gasteiger partial charge is 0.251 e. The van der Waals surface area contributed by atoms with E-state index < -0.39 is 10.0 Å². The van der Waals surface area contributed by atoms with E-state index >= 15 is 0 Å². The average molecular weight is 410 g/mol. The van der Waals surface area contributed by atoms with Crippen molar-refractivity contribution in [3.63, 3.8) is 0 Å². The number of nitrogens with zero attached hydrogens (tertiary/aromatic N) is 2. The number of benzene rings is 1. The number of sulfonamides is 1. The van der Waals surface area contributed by atoms with Crippen LogP contribution in [0.1, 0.15) is 63.2 Å². The van der Waals surface area contributed by atoms with Crippen molar-refractivity contribution >= 4 is 15.9 Å². The Labute approximate surface area is 170 Å². The molecule has 28 heavy (non-hydrogen) atoms. The van der Waals surface area contributed by atoms with Gasteiger partial charge in [0.2, 0.25) is 10.0 Å². The van der Waals surface area contributed by atoms with Crippen molar-refractivity contribution < 1.29 is 13.2 Å². The van der Waals surface area contributed by atoms with Gasteiger partial charge in [0.25, 0.3) is 5.91 Å². The summed E-state index contributed by atoms with van der Waals surface area (Å²) in [5, 5.41) is 2.90. The maximum atomic E-state index is 13.0. The van der Waals surface area contributed by atoms with Crippen LogP contribution < -0.4 is 5.32 Å². The molecule has 0 radical (unpaired) electrons. The standard InChI is InChI=1S/C21H35N3O3S/c1-5-24(17(2)3)15-14-22-21(25)18-10-9-13-20(16-18)28(26,27)23(4)19-11-7-6-8-12-19/h9-10,13,16-17,19H,5-8,11-12,14-15H2,1-4H3,(H,22,25). The predicted octanol–water partition coefficient (Wildman–Crippen LogP) is 3.10. The molecular formula is C21H35N3O3S. The minimum absolute atomic E-state index is 0.0484. The highest BCUT2D eigenvalue weighted by Gasteiger charge is 2.29. The molecule has 0 aromatic heterocycles. The van der Waals surface area contributed by atoms with Gasteiger partial charge in [0.15, 0.2) is 0 Å². The van der Waals surface area contributed by atoms with Crippen LogP contribution in [-0.4, -0.2) is 62.3 Å². The average Bonchev–Trinajstić information content (AvgIpc) is 2.70. The van der Waals surface area contributed by atoms with E-state index in [4.69, 9.17) is 0 Å². The molecule has 0 spiro atoms. The largest absolute Gasteiger partial charge is 0.351 e. The zero-order valence-electron chi connectivity index (χ0n) is 17.6. The number of amides is 1.